The first-order valence-corrected chi connectivity index (χ1v) is 11.1. The molecule has 1 nitrogen and oxygen atoms in total. The van der Waals surface area contributed by atoms with Gasteiger partial charge in [-0.05, 0) is 0 Å². The van der Waals surface area contributed by atoms with E-state index in [0.717, 1.165) is 0 Å². The second-order valence-corrected chi connectivity index (χ2v) is 9.18. The summed E-state index contributed by atoms with van der Waals surface area (Å²) >= 11 is 0.543. The molecule has 0 atom stereocenters. The van der Waals surface area contributed by atoms with Gasteiger partial charge in [0.25, 0.3) is 0 Å². The summed E-state index contributed by atoms with van der Waals surface area (Å²) in [5, 5.41) is 0. The normalized spacial score (nSPS) is 8.89. The summed E-state index contributed by atoms with van der Waals surface area (Å²) < 4.78 is 5.81. The van der Waals surface area contributed by atoms with Gasteiger partial charge in [-0.25, -0.2) is 0 Å². The monoisotopic (exact) mass is 378 g/mol. The third-order valence-electron chi connectivity index (χ3n) is 3.86. The Hall–Kier alpha value is -2.10. The molecule has 0 spiro atoms. The van der Waals surface area contributed by atoms with E-state index in [4.69, 9.17) is 0 Å². The van der Waals surface area contributed by atoms with Crippen molar-refractivity contribution in [3.63, 3.8) is 0 Å². The Bertz CT molecular complexity index is 715. The molecule has 0 saturated carbocycles. The molecule has 0 fully saturated rings. The van der Waals surface area contributed by atoms with Crippen molar-refractivity contribution in [3.8, 4) is 0 Å². The third kappa shape index (κ3) is 7.98. The van der Waals surface area contributed by atoms with Gasteiger partial charge < -0.3 is 5.48 Å². The van der Waals surface area contributed by atoms with E-state index in [1.54, 1.807) is 0 Å². The van der Waals surface area contributed by atoms with E-state index in [-0.39, 0.29) is 35.9 Å². The summed E-state index contributed by atoms with van der Waals surface area (Å²) in [5.74, 6) is 0. The molecule has 0 aliphatic rings. The second kappa shape index (κ2) is 12.3. The van der Waals surface area contributed by atoms with Crippen LogP contribution in [0.5, 0.6) is 0 Å². The van der Waals surface area contributed by atoms with Crippen molar-refractivity contribution in [2.24, 2.45) is 0 Å². The molecule has 4 aromatic carbocycles. The SMILES string of the molecule is [O-2].c1cc[c]([Al+][c]2ccccc2)cc1.c1cc[c]([Al+][c]2ccccc2)cc1. The molecule has 27 heavy (non-hydrogen) atoms. The van der Waals surface area contributed by atoms with Crippen LogP contribution in [-0.4, -0.2) is 30.4 Å². The van der Waals surface area contributed by atoms with Crippen molar-refractivity contribution in [2.45, 2.75) is 0 Å². The van der Waals surface area contributed by atoms with E-state index in [2.05, 4.69) is 121 Å². The first-order valence-electron chi connectivity index (χ1n) is 8.80. The quantitative estimate of drug-likeness (QED) is 0.489. The zero-order valence-corrected chi connectivity index (χ0v) is 17.4. The Morgan fingerprint density at radius 1 is 0.296 bits per heavy atom. The standard InChI is InChI=1S/4C6H5.2Al.O/c4*1-2-4-6-5-3-1;;;/h4*1-5H;;;/q;;;;2*+1;-2. The predicted octanol–water partition coefficient (Wildman–Crippen LogP) is 2.56. The van der Waals surface area contributed by atoms with Crippen LogP contribution in [0.3, 0.4) is 0 Å². The van der Waals surface area contributed by atoms with Gasteiger partial charge in [0.05, 0.1) is 0 Å². The van der Waals surface area contributed by atoms with Gasteiger partial charge in [-0.15, -0.1) is 0 Å². The maximum absolute atomic E-state index is 2.20. The fourth-order valence-corrected chi connectivity index (χ4v) is 5.01. The summed E-state index contributed by atoms with van der Waals surface area (Å²) in [6.45, 7) is 0. The van der Waals surface area contributed by atoms with E-state index in [1.165, 1.54) is 17.7 Å². The fraction of sp³-hybridized carbons (Fsp3) is 0. The molecule has 0 N–H and O–H groups in total. The van der Waals surface area contributed by atoms with Crippen LogP contribution in [-0.2, 0) is 5.48 Å². The molecule has 0 aliphatic heterocycles. The second-order valence-electron chi connectivity index (χ2n) is 5.93. The van der Waals surface area contributed by atoms with Gasteiger partial charge in [0.1, 0.15) is 0 Å². The van der Waals surface area contributed by atoms with Gasteiger partial charge in [0.2, 0.25) is 0 Å². The van der Waals surface area contributed by atoms with Crippen LogP contribution < -0.4 is 17.7 Å². The summed E-state index contributed by atoms with van der Waals surface area (Å²) in [6, 6.07) is 42.6. The average molecular weight is 378 g/mol. The van der Waals surface area contributed by atoms with Crippen molar-refractivity contribution in [1.29, 1.82) is 0 Å². The zero-order valence-electron chi connectivity index (χ0n) is 15.1. The number of hydrogen-bond donors (Lipinski definition) is 0. The molecule has 128 valence electrons. The minimum absolute atomic E-state index is 0. The molecule has 0 radical (unpaired) electrons. The van der Waals surface area contributed by atoms with Crippen molar-refractivity contribution in [2.75, 3.05) is 0 Å². The zero-order chi connectivity index (χ0) is 17.9. The predicted molar refractivity (Wildman–Crippen MR) is 116 cm³/mol. The maximum atomic E-state index is 2.20. The van der Waals surface area contributed by atoms with Crippen LogP contribution in [0.1, 0.15) is 0 Å². The Morgan fingerprint density at radius 2 is 0.481 bits per heavy atom. The topological polar surface area (TPSA) is 28.5 Å². The molecule has 0 unspecified atom stereocenters. The van der Waals surface area contributed by atoms with Crippen LogP contribution in [0.25, 0.3) is 0 Å². The molecule has 0 aromatic heterocycles. The van der Waals surface area contributed by atoms with Crippen molar-refractivity contribution in [3.05, 3.63) is 121 Å². The summed E-state index contributed by atoms with van der Waals surface area (Å²) in [4.78, 5) is 0. The minimum atomic E-state index is 0. The van der Waals surface area contributed by atoms with Gasteiger partial charge in [0, 0.05) is 0 Å². The van der Waals surface area contributed by atoms with Crippen LogP contribution in [0.15, 0.2) is 121 Å². The van der Waals surface area contributed by atoms with Crippen LogP contribution in [0.4, 0.5) is 0 Å². The number of hydrogen-bond acceptors (Lipinski definition) is 0. The van der Waals surface area contributed by atoms with Crippen LogP contribution >= 0.6 is 0 Å². The fourth-order valence-electron chi connectivity index (χ4n) is 2.58. The Kier molecular flexibility index (Phi) is 9.68. The average Bonchev–Trinajstić information content (AvgIpc) is 2.72. The van der Waals surface area contributed by atoms with E-state index < -0.39 is 0 Å². The van der Waals surface area contributed by atoms with Crippen LogP contribution in [0.2, 0.25) is 0 Å². The van der Waals surface area contributed by atoms with E-state index in [9.17, 15) is 0 Å². The third-order valence-corrected chi connectivity index (χ3v) is 6.74. The van der Waals surface area contributed by atoms with Crippen molar-refractivity contribution < 1.29 is 5.48 Å². The Morgan fingerprint density at radius 3 is 0.667 bits per heavy atom. The van der Waals surface area contributed by atoms with Crippen LogP contribution in [0, 0.1) is 0 Å². The van der Waals surface area contributed by atoms with Crippen molar-refractivity contribution >= 4 is 48.1 Å². The molecule has 4 aromatic rings. The molecule has 0 aliphatic carbocycles. The van der Waals surface area contributed by atoms with Crippen molar-refractivity contribution in [1.82, 2.24) is 0 Å². The molecule has 0 saturated heterocycles. The first-order chi connectivity index (χ1) is 12.9. The van der Waals surface area contributed by atoms with Gasteiger partial charge in [-0.1, -0.05) is 0 Å². The first kappa shape index (κ1) is 21.2. The van der Waals surface area contributed by atoms with Gasteiger partial charge >= 0.3 is 169 Å². The summed E-state index contributed by atoms with van der Waals surface area (Å²) in [6.07, 6.45) is 0. The molecular formula is C24H20Al2O. The van der Waals surface area contributed by atoms with E-state index in [0.29, 0.717) is 0 Å². The van der Waals surface area contributed by atoms with E-state index >= 15 is 0 Å². The molecule has 0 amide bonds. The Labute approximate surface area is 174 Å². The Balaban J connectivity index is 0.000000187. The number of rotatable bonds is 4. The number of benzene rings is 4. The van der Waals surface area contributed by atoms with Gasteiger partial charge in [-0.3, -0.25) is 0 Å². The summed E-state index contributed by atoms with van der Waals surface area (Å²) in [7, 11) is 0. The molecular weight excluding hydrogens is 358 g/mol. The molecule has 0 heterocycles. The molecule has 3 heteroatoms. The van der Waals surface area contributed by atoms with Gasteiger partial charge in [-0.2, -0.15) is 0 Å². The van der Waals surface area contributed by atoms with Gasteiger partial charge in [0.15, 0.2) is 0 Å². The molecule has 4 rings (SSSR count). The summed E-state index contributed by atoms with van der Waals surface area (Å²) in [5.41, 5.74) is 0. The molecule has 0 bridgehead atoms. The van der Waals surface area contributed by atoms with E-state index in [1.807, 2.05) is 0 Å².